The smallest absolute Gasteiger partial charge is 0.406 e. The van der Waals surface area contributed by atoms with Crippen molar-refractivity contribution in [3.63, 3.8) is 0 Å². The lowest BCUT2D eigenvalue weighted by Crippen LogP contribution is -2.20. The minimum atomic E-state index is -4.66. The van der Waals surface area contributed by atoms with E-state index in [2.05, 4.69) is 20.0 Å². The highest BCUT2D eigenvalue weighted by Crippen LogP contribution is 2.24. The van der Waals surface area contributed by atoms with E-state index in [0.717, 1.165) is 11.4 Å². The number of likely N-dealkylation sites (N-methyl/N-ethyl adjacent to an activating group) is 1. The summed E-state index contributed by atoms with van der Waals surface area (Å²) >= 11 is 0. The van der Waals surface area contributed by atoms with E-state index in [1.165, 1.54) is 12.1 Å². The molecule has 1 aromatic heterocycles. The molecule has 0 radical (unpaired) electrons. The molecule has 0 aliphatic rings. The maximum Gasteiger partial charge on any atom is 0.573 e. The van der Waals surface area contributed by atoms with Crippen LogP contribution in [0, 0.1) is 0 Å². The van der Waals surface area contributed by atoms with Crippen molar-refractivity contribution in [2.24, 2.45) is 0 Å². The molecular weight excluding hydrogens is 271 g/mol. The van der Waals surface area contributed by atoms with E-state index < -0.39 is 6.36 Å². The van der Waals surface area contributed by atoms with Crippen LogP contribution in [0.1, 0.15) is 17.4 Å². The van der Waals surface area contributed by atoms with Crippen LogP contribution < -0.4 is 10.1 Å². The van der Waals surface area contributed by atoms with Crippen LogP contribution in [0.25, 0.3) is 0 Å². The normalized spacial score (nSPS) is 13.2. The zero-order valence-electron chi connectivity index (χ0n) is 10.7. The van der Waals surface area contributed by atoms with Crippen LogP contribution in [0.4, 0.5) is 13.2 Å². The molecule has 0 aliphatic heterocycles. The summed E-state index contributed by atoms with van der Waals surface area (Å²) in [6.45, 7) is 0. The van der Waals surface area contributed by atoms with Gasteiger partial charge in [0.15, 0.2) is 0 Å². The molecule has 4 nitrogen and oxygen atoms in total. The van der Waals surface area contributed by atoms with Crippen molar-refractivity contribution < 1.29 is 17.9 Å². The van der Waals surface area contributed by atoms with Gasteiger partial charge in [0.2, 0.25) is 0 Å². The molecule has 1 atom stereocenters. The number of rotatable bonds is 5. The molecule has 1 unspecified atom stereocenters. The van der Waals surface area contributed by atoms with Crippen molar-refractivity contribution in [1.29, 1.82) is 0 Å². The Morgan fingerprint density at radius 2 is 2.00 bits per heavy atom. The predicted molar refractivity (Wildman–Crippen MR) is 67.2 cm³/mol. The van der Waals surface area contributed by atoms with E-state index in [9.17, 15) is 13.2 Å². The third kappa shape index (κ3) is 3.99. The largest absolute Gasteiger partial charge is 0.573 e. The lowest BCUT2D eigenvalue weighted by molar-refractivity contribution is -0.274. The van der Waals surface area contributed by atoms with Crippen LogP contribution in [0.15, 0.2) is 36.7 Å². The third-order valence-corrected chi connectivity index (χ3v) is 2.79. The molecule has 7 heteroatoms. The van der Waals surface area contributed by atoms with Crippen molar-refractivity contribution in [1.82, 2.24) is 15.3 Å². The van der Waals surface area contributed by atoms with Gasteiger partial charge in [0.1, 0.15) is 11.6 Å². The molecule has 0 fully saturated rings. The Bertz CT molecular complexity index is 523. The number of hydrogen-bond donors (Lipinski definition) is 2. The van der Waals surface area contributed by atoms with E-state index in [-0.39, 0.29) is 11.8 Å². The maximum absolute atomic E-state index is 12.0. The Labute approximate surface area is 114 Å². The second-order valence-electron chi connectivity index (χ2n) is 4.21. The first-order valence-electron chi connectivity index (χ1n) is 5.99. The van der Waals surface area contributed by atoms with Gasteiger partial charge in [-0.25, -0.2) is 4.98 Å². The Morgan fingerprint density at radius 3 is 2.50 bits per heavy atom. The number of benzene rings is 1. The van der Waals surface area contributed by atoms with Gasteiger partial charge in [-0.3, -0.25) is 0 Å². The molecular formula is C13H14F3N3O. The minimum Gasteiger partial charge on any atom is -0.406 e. The van der Waals surface area contributed by atoms with Crippen LogP contribution in [0.2, 0.25) is 0 Å². The summed E-state index contributed by atoms with van der Waals surface area (Å²) in [7, 11) is 1.80. The van der Waals surface area contributed by atoms with E-state index in [1.54, 1.807) is 31.6 Å². The summed E-state index contributed by atoms with van der Waals surface area (Å²) in [4.78, 5) is 7.16. The van der Waals surface area contributed by atoms with Gasteiger partial charge >= 0.3 is 6.36 Å². The third-order valence-electron chi connectivity index (χ3n) is 2.79. The number of halogens is 3. The zero-order chi connectivity index (χ0) is 14.6. The summed E-state index contributed by atoms with van der Waals surface area (Å²) in [5.74, 6) is 0.559. The summed E-state index contributed by atoms with van der Waals surface area (Å²) in [6, 6.07) is 5.79. The fourth-order valence-corrected chi connectivity index (χ4v) is 1.87. The molecule has 0 spiro atoms. The first-order valence-corrected chi connectivity index (χ1v) is 5.99. The lowest BCUT2D eigenvalue weighted by Gasteiger charge is -2.14. The fourth-order valence-electron chi connectivity index (χ4n) is 1.87. The average Bonchev–Trinajstić information content (AvgIpc) is 2.90. The number of aromatic nitrogens is 2. The van der Waals surface area contributed by atoms with Gasteiger partial charge < -0.3 is 15.0 Å². The monoisotopic (exact) mass is 285 g/mol. The van der Waals surface area contributed by atoms with Crippen LogP contribution in [0.3, 0.4) is 0 Å². The molecule has 0 bridgehead atoms. The minimum absolute atomic E-state index is 0.0283. The van der Waals surface area contributed by atoms with E-state index in [1.807, 2.05) is 0 Å². The van der Waals surface area contributed by atoms with Gasteiger partial charge in [-0.2, -0.15) is 0 Å². The fraction of sp³-hybridized carbons (Fsp3) is 0.308. The highest BCUT2D eigenvalue weighted by atomic mass is 19.4. The molecule has 0 saturated heterocycles. The summed E-state index contributed by atoms with van der Waals surface area (Å²) in [5, 5.41) is 3.10. The Hall–Kier alpha value is -2.02. The van der Waals surface area contributed by atoms with Crippen LogP contribution in [-0.2, 0) is 6.42 Å². The number of aromatic amines is 1. The SMILES string of the molecule is CNC(Cc1ccc(OC(F)(F)F)cc1)c1ncc[nH]1. The molecule has 2 aromatic rings. The van der Waals surface area contributed by atoms with Crippen molar-refractivity contribution in [2.75, 3.05) is 7.05 Å². The van der Waals surface area contributed by atoms with E-state index in [0.29, 0.717) is 6.42 Å². The summed E-state index contributed by atoms with van der Waals surface area (Å²) < 4.78 is 40.0. The van der Waals surface area contributed by atoms with Crippen molar-refractivity contribution in [2.45, 2.75) is 18.8 Å². The first kappa shape index (κ1) is 14.4. The number of H-pyrrole nitrogens is 1. The maximum atomic E-state index is 12.0. The molecule has 0 saturated carbocycles. The Morgan fingerprint density at radius 1 is 1.30 bits per heavy atom. The van der Waals surface area contributed by atoms with Gasteiger partial charge in [0, 0.05) is 12.4 Å². The quantitative estimate of drug-likeness (QED) is 0.888. The van der Waals surface area contributed by atoms with Crippen LogP contribution in [-0.4, -0.2) is 23.4 Å². The second-order valence-corrected chi connectivity index (χ2v) is 4.21. The van der Waals surface area contributed by atoms with Crippen molar-refractivity contribution in [3.05, 3.63) is 48.0 Å². The average molecular weight is 285 g/mol. The van der Waals surface area contributed by atoms with E-state index in [4.69, 9.17) is 0 Å². The predicted octanol–water partition coefficient (Wildman–Crippen LogP) is 2.81. The van der Waals surface area contributed by atoms with Gasteiger partial charge in [0.05, 0.1) is 6.04 Å². The lowest BCUT2D eigenvalue weighted by atomic mass is 10.1. The van der Waals surface area contributed by atoms with Gasteiger partial charge in [-0.1, -0.05) is 12.1 Å². The Balaban J connectivity index is 2.03. The highest BCUT2D eigenvalue weighted by Gasteiger charge is 2.30. The number of nitrogens with one attached hydrogen (secondary N) is 2. The van der Waals surface area contributed by atoms with Gasteiger partial charge in [0.25, 0.3) is 0 Å². The van der Waals surface area contributed by atoms with Crippen LogP contribution in [0.5, 0.6) is 5.75 Å². The molecule has 2 N–H and O–H groups in total. The number of nitrogens with zero attached hydrogens (tertiary/aromatic N) is 1. The van der Waals surface area contributed by atoms with Gasteiger partial charge in [-0.05, 0) is 31.2 Å². The number of imidazole rings is 1. The molecule has 1 aromatic carbocycles. The van der Waals surface area contributed by atoms with Gasteiger partial charge in [-0.15, -0.1) is 13.2 Å². The summed E-state index contributed by atoms with van der Waals surface area (Å²) in [5.41, 5.74) is 0.885. The topological polar surface area (TPSA) is 49.9 Å². The highest BCUT2D eigenvalue weighted by molar-refractivity contribution is 5.28. The van der Waals surface area contributed by atoms with Crippen LogP contribution >= 0.6 is 0 Å². The van der Waals surface area contributed by atoms with Crippen molar-refractivity contribution in [3.8, 4) is 5.75 Å². The number of hydrogen-bond acceptors (Lipinski definition) is 3. The zero-order valence-corrected chi connectivity index (χ0v) is 10.7. The standard InChI is InChI=1S/C13H14F3N3O/c1-17-11(12-18-6-7-19-12)8-9-2-4-10(5-3-9)20-13(14,15)16/h2-7,11,17H,8H2,1H3,(H,18,19). The van der Waals surface area contributed by atoms with Crippen molar-refractivity contribution >= 4 is 0 Å². The number of alkyl halides is 3. The molecule has 0 amide bonds. The molecule has 2 rings (SSSR count). The molecule has 20 heavy (non-hydrogen) atoms. The molecule has 108 valence electrons. The second kappa shape index (κ2) is 5.96. The number of ether oxygens (including phenoxy) is 1. The Kier molecular flexibility index (Phi) is 4.29. The summed E-state index contributed by atoms with van der Waals surface area (Å²) in [6.07, 6.45) is -0.681. The first-order chi connectivity index (χ1) is 9.48. The molecule has 1 heterocycles. The molecule has 0 aliphatic carbocycles. The van der Waals surface area contributed by atoms with E-state index >= 15 is 0 Å².